The molecule has 0 spiro atoms. The lowest BCUT2D eigenvalue weighted by molar-refractivity contribution is -0.129. The van der Waals surface area contributed by atoms with Crippen molar-refractivity contribution in [2.75, 3.05) is 33.7 Å². The van der Waals surface area contributed by atoms with Crippen molar-refractivity contribution in [2.24, 2.45) is 0 Å². The lowest BCUT2D eigenvalue weighted by Gasteiger charge is -2.24. The van der Waals surface area contributed by atoms with Gasteiger partial charge in [0.2, 0.25) is 11.8 Å². The van der Waals surface area contributed by atoms with E-state index in [1.165, 1.54) is 5.56 Å². The fourth-order valence-corrected chi connectivity index (χ4v) is 2.78. The van der Waals surface area contributed by atoms with Crippen LogP contribution in [0.1, 0.15) is 30.0 Å². The van der Waals surface area contributed by atoms with Crippen LogP contribution in [0.5, 0.6) is 0 Å². The van der Waals surface area contributed by atoms with Gasteiger partial charge >= 0.3 is 0 Å². The van der Waals surface area contributed by atoms with Crippen LogP contribution in [-0.4, -0.2) is 55.3 Å². The third kappa shape index (κ3) is 4.07. The molecule has 1 aromatic carbocycles. The molecule has 120 valence electrons. The van der Waals surface area contributed by atoms with Gasteiger partial charge in [-0.05, 0) is 33.0 Å². The van der Waals surface area contributed by atoms with E-state index in [2.05, 4.69) is 5.32 Å². The first-order valence-corrected chi connectivity index (χ1v) is 7.77. The maximum absolute atomic E-state index is 12.5. The minimum Gasteiger partial charge on any atom is -0.353 e. The topological polar surface area (TPSA) is 52.7 Å². The Morgan fingerprint density at radius 3 is 2.55 bits per heavy atom. The zero-order chi connectivity index (χ0) is 16.1. The summed E-state index contributed by atoms with van der Waals surface area (Å²) in [4.78, 5) is 27.7. The molecule has 0 radical (unpaired) electrons. The molecule has 1 aliphatic rings. The molecule has 2 amide bonds. The van der Waals surface area contributed by atoms with Crippen LogP contribution < -0.4 is 5.32 Å². The van der Waals surface area contributed by atoms with Crippen molar-refractivity contribution < 1.29 is 9.59 Å². The minimum absolute atomic E-state index is 0.0273. The van der Waals surface area contributed by atoms with Gasteiger partial charge in [-0.25, -0.2) is 0 Å². The molecular weight excluding hydrogens is 278 g/mol. The molecule has 1 aromatic rings. The SMILES string of the molecule is Cc1ccc([C@H](C(=O)NCCN2CCCC2=O)N(C)C)cc1. The minimum atomic E-state index is -0.310. The molecule has 1 saturated heterocycles. The van der Waals surface area contributed by atoms with Crippen molar-refractivity contribution in [1.29, 1.82) is 0 Å². The van der Waals surface area contributed by atoms with Crippen molar-refractivity contribution in [1.82, 2.24) is 15.1 Å². The van der Waals surface area contributed by atoms with Crippen LogP contribution in [-0.2, 0) is 9.59 Å². The first-order chi connectivity index (χ1) is 10.5. The molecule has 1 heterocycles. The third-order valence-corrected chi connectivity index (χ3v) is 4.01. The number of carbonyl (C=O) groups is 2. The molecule has 5 heteroatoms. The highest BCUT2D eigenvalue weighted by atomic mass is 16.2. The zero-order valence-corrected chi connectivity index (χ0v) is 13.6. The van der Waals surface area contributed by atoms with Gasteiger partial charge in [0.25, 0.3) is 0 Å². The monoisotopic (exact) mass is 303 g/mol. The molecular formula is C17H25N3O2. The van der Waals surface area contributed by atoms with E-state index in [9.17, 15) is 9.59 Å². The number of benzene rings is 1. The van der Waals surface area contributed by atoms with Crippen LogP contribution in [0.15, 0.2) is 24.3 Å². The van der Waals surface area contributed by atoms with E-state index < -0.39 is 0 Å². The molecule has 0 unspecified atom stereocenters. The van der Waals surface area contributed by atoms with Gasteiger partial charge in [0.1, 0.15) is 6.04 Å². The molecule has 0 aromatic heterocycles. The van der Waals surface area contributed by atoms with E-state index in [0.29, 0.717) is 19.5 Å². The smallest absolute Gasteiger partial charge is 0.242 e. The number of hydrogen-bond donors (Lipinski definition) is 1. The van der Waals surface area contributed by atoms with E-state index in [4.69, 9.17) is 0 Å². The largest absolute Gasteiger partial charge is 0.353 e. The van der Waals surface area contributed by atoms with Gasteiger partial charge in [0, 0.05) is 26.1 Å². The van der Waals surface area contributed by atoms with Crippen molar-refractivity contribution in [3.05, 3.63) is 35.4 Å². The van der Waals surface area contributed by atoms with Gasteiger partial charge in [-0.2, -0.15) is 0 Å². The quantitative estimate of drug-likeness (QED) is 0.863. The highest BCUT2D eigenvalue weighted by Gasteiger charge is 2.24. The van der Waals surface area contributed by atoms with Gasteiger partial charge < -0.3 is 10.2 Å². The second-order valence-electron chi connectivity index (χ2n) is 6.05. The van der Waals surface area contributed by atoms with Crippen molar-refractivity contribution in [2.45, 2.75) is 25.8 Å². The Kier molecular flexibility index (Phi) is 5.55. The molecule has 1 N–H and O–H groups in total. The van der Waals surface area contributed by atoms with Crippen LogP contribution in [0.2, 0.25) is 0 Å². The molecule has 1 aliphatic heterocycles. The third-order valence-electron chi connectivity index (χ3n) is 4.01. The summed E-state index contributed by atoms with van der Waals surface area (Å²) in [6, 6.07) is 7.70. The van der Waals surface area contributed by atoms with Crippen molar-refractivity contribution in [3.8, 4) is 0 Å². The van der Waals surface area contributed by atoms with E-state index in [-0.39, 0.29) is 17.9 Å². The number of hydrogen-bond acceptors (Lipinski definition) is 3. The number of aryl methyl sites for hydroxylation is 1. The molecule has 5 nitrogen and oxygen atoms in total. The summed E-state index contributed by atoms with van der Waals surface area (Å²) < 4.78 is 0. The Bertz CT molecular complexity index is 525. The number of likely N-dealkylation sites (N-methyl/N-ethyl adjacent to an activating group) is 1. The Morgan fingerprint density at radius 1 is 1.32 bits per heavy atom. The Morgan fingerprint density at radius 2 is 2.00 bits per heavy atom. The van der Waals surface area contributed by atoms with Crippen LogP contribution in [0.25, 0.3) is 0 Å². The van der Waals surface area contributed by atoms with E-state index in [1.54, 1.807) is 0 Å². The van der Waals surface area contributed by atoms with Gasteiger partial charge in [-0.1, -0.05) is 29.8 Å². The highest BCUT2D eigenvalue weighted by Crippen LogP contribution is 2.19. The number of carbonyl (C=O) groups excluding carboxylic acids is 2. The molecule has 0 bridgehead atoms. The normalized spacial score (nSPS) is 16.2. The summed E-state index contributed by atoms with van der Waals surface area (Å²) >= 11 is 0. The fourth-order valence-electron chi connectivity index (χ4n) is 2.78. The fraction of sp³-hybridized carbons (Fsp3) is 0.529. The van der Waals surface area contributed by atoms with E-state index in [0.717, 1.165) is 18.5 Å². The standard InChI is InChI=1S/C17H25N3O2/c1-13-6-8-14(9-7-13)16(19(2)3)17(22)18-10-12-20-11-4-5-15(20)21/h6-9,16H,4-5,10-12H2,1-3H3,(H,18,22)/t16-/m1/s1. The first-order valence-electron chi connectivity index (χ1n) is 7.77. The van der Waals surface area contributed by atoms with Crippen molar-refractivity contribution >= 4 is 11.8 Å². The average molecular weight is 303 g/mol. The molecule has 22 heavy (non-hydrogen) atoms. The maximum Gasteiger partial charge on any atom is 0.242 e. The summed E-state index contributed by atoms with van der Waals surface area (Å²) in [7, 11) is 3.79. The molecule has 0 saturated carbocycles. The summed E-state index contributed by atoms with van der Waals surface area (Å²) in [6.45, 7) is 3.94. The lowest BCUT2D eigenvalue weighted by Crippen LogP contribution is -2.41. The lowest BCUT2D eigenvalue weighted by atomic mass is 10.0. The van der Waals surface area contributed by atoms with Crippen LogP contribution in [0.4, 0.5) is 0 Å². The second-order valence-corrected chi connectivity index (χ2v) is 6.05. The van der Waals surface area contributed by atoms with Gasteiger partial charge in [-0.15, -0.1) is 0 Å². The second kappa shape index (κ2) is 7.40. The molecule has 0 aliphatic carbocycles. The predicted molar refractivity (Wildman–Crippen MR) is 86.4 cm³/mol. The Balaban J connectivity index is 1.92. The first kappa shape index (κ1) is 16.5. The summed E-state index contributed by atoms with van der Waals surface area (Å²) in [5, 5.41) is 2.95. The maximum atomic E-state index is 12.5. The number of likely N-dealkylation sites (tertiary alicyclic amines) is 1. The molecule has 1 atom stereocenters. The van der Waals surface area contributed by atoms with Crippen LogP contribution in [0, 0.1) is 6.92 Å². The van der Waals surface area contributed by atoms with Crippen LogP contribution in [0.3, 0.4) is 0 Å². The van der Waals surface area contributed by atoms with Gasteiger partial charge in [-0.3, -0.25) is 14.5 Å². The van der Waals surface area contributed by atoms with Crippen molar-refractivity contribution in [3.63, 3.8) is 0 Å². The van der Waals surface area contributed by atoms with E-state index in [1.807, 2.05) is 55.1 Å². The number of rotatable bonds is 6. The predicted octanol–water partition coefficient (Wildman–Crippen LogP) is 1.34. The average Bonchev–Trinajstić information content (AvgIpc) is 2.86. The molecule has 1 fully saturated rings. The zero-order valence-electron chi connectivity index (χ0n) is 13.6. The highest BCUT2D eigenvalue weighted by molar-refractivity contribution is 5.83. The number of nitrogens with zero attached hydrogens (tertiary/aromatic N) is 2. The van der Waals surface area contributed by atoms with Gasteiger partial charge in [0.15, 0.2) is 0 Å². The summed E-state index contributed by atoms with van der Waals surface area (Å²) in [5.74, 6) is 0.164. The Labute approximate surface area is 132 Å². The van der Waals surface area contributed by atoms with E-state index >= 15 is 0 Å². The number of nitrogens with one attached hydrogen (secondary N) is 1. The summed E-state index contributed by atoms with van der Waals surface area (Å²) in [6.07, 6.45) is 1.56. The summed E-state index contributed by atoms with van der Waals surface area (Å²) in [5.41, 5.74) is 2.15. The molecule has 2 rings (SSSR count). The Hall–Kier alpha value is -1.88. The van der Waals surface area contributed by atoms with Crippen LogP contribution >= 0.6 is 0 Å². The van der Waals surface area contributed by atoms with Gasteiger partial charge in [0.05, 0.1) is 0 Å². The number of amides is 2.